The predicted molar refractivity (Wildman–Crippen MR) is 101 cm³/mol. The number of urea groups is 1. The van der Waals surface area contributed by atoms with Gasteiger partial charge in [0, 0.05) is 41.8 Å². The lowest BCUT2D eigenvalue weighted by Gasteiger charge is -2.14. The van der Waals surface area contributed by atoms with E-state index in [9.17, 15) is 4.79 Å². The molecule has 0 fully saturated rings. The fourth-order valence-electron chi connectivity index (χ4n) is 3.70. The first-order valence-corrected chi connectivity index (χ1v) is 9.18. The Hall–Kier alpha value is -2.69. The van der Waals surface area contributed by atoms with E-state index in [1.807, 2.05) is 32.0 Å². The zero-order valence-corrected chi connectivity index (χ0v) is 15.3. The van der Waals surface area contributed by atoms with E-state index in [0.717, 1.165) is 60.8 Å². The molecule has 26 heavy (non-hydrogen) atoms. The van der Waals surface area contributed by atoms with E-state index in [4.69, 9.17) is 9.47 Å². The molecule has 2 heterocycles. The molecule has 0 saturated carbocycles. The van der Waals surface area contributed by atoms with Crippen LogP contribution in [0.5, 0.6) is 11.5 Å². The van der Waals surface area contributed by atoms with E-state index in [1.165, 1.54) is 16.7 Å². The number of carbonyl (C=O) groups excluding carboxylic acids is 1. The average Bonchev–Trinajstić information content (AvgIpc) is 3.27. The number of hydrogen-bond donors (Lipinski definition) is 2. The molecule has 2 aliphatic heterocycles. The fraction of sp³-hybridized carbons (Fsp3) is 0.381. The maximum Gasteiger partial charge on any atom is 0.319 e. The molecule has 2 aliphatic rings. The van der Waals surface area contributed by atoms with E-state index < -0.39 is 0 Å². The van der Waals surface area contributed by atoms with Crippen molar-refractivity contribution in [3.05, 3.63) is 52.1 Å². The maximum absolute atomic E-state index is 12.3. The molecule has 0 bridgehead atoms. The van der Waals surface area contributed by atoms with Crippen molar-refractivity contribution in [2.75, 3.05) is 25.1 Å². The molecular formula is C21H24N2O3. The van der Waals surface area contributed by atoms with Crippen molar-refractivity contribution in [3.8, 4) is 11.5 Å². The van der Waals surface area contributed by atoms with Crippen molar-refractivity contribution in [2.45, 2.75) is 33.1 Å². The van der Waals surface area contributed by atoms with Gasteiger partial charge in [-0.05, 0) is 43.5 Å². The highest BCUT2D eigenvalue weighted by Crippen LogP contribution is 2.40. The normalized spacial score (nSPS) is 14.2. The molecule has 2 aromatic carbocycles. The molecule has 5 nitrogen and oxygen atoms in total. The summed E-state index contributed by atoms with van der Waals surface area (Å²) < 4.78 is 11.6. The van der Waals surface area contributed by atoms with Gasteiger partial charge in [-0.2, -0.15) is 0 Å². The first kappa shape index (κ1) is 16.8. The van der Waals surface area contributed by atoms with Gasteiger partial charge in [0.2, 0.25) is 0 Å². The van der Waals surface area contributed by atoms with E-state index >= 15 is 0 Å². The van der Waals surface area contributed by atoms with Crippen LogP contribution >= 0.6 is 0 Å². The third-order valence-corrected chi connectivity index (χ3v) is 5.27. The molecule has 4 rings (SSSR count). The van der Waals surface area contributed by atoms with Gasteiger partial charge in [0.05, 0.1) is 13.2 Å². The highest BCUT2D eigenvalue weighted by molar-refractivity contribution is 5.90. The second-order valence-corrected chi connectivity index (χ2v) is 6.90. The van der Waals surface area contributed by atoms with Gasteiger partial charge in [-0.25, -0.2) is 4.79 Å². The Bertz CT molecular complexity index is 829. The Morgan fingerprint density at radius 1 is 1.15 bits per heavy atom. The average molecular weight is 352 g/mol. The summed E-state index contributed by atoms with van der Waals surface area (Å²) >= 11 is 0. The van der Waals surface area contributed by atoms with Crippen LogP contribution in [0.15, 0.2) is 24.3 Å². The largest absolute Gasteiger partial charge is 0.493 e. The zero-order chi connectivity index (χ0) is 18.1. The molecule has 2 aromatic rings. The monoisotopic (exact) mass is 352 g/mol. The van der Waals surface area contributed by atoms with Crippen LogP contribution in [-0.2, 0) is 19.3 Å². The highest BCUT2D eigenvalue weighted by atomic mass is 16.5. The lowest BCUT2D eigenvalue weighted by atomic mass is 9.97. The Balaban J connectivity index is 1.41. The molecule has 0 aliphatic carbocycles. The van der Waals surface area contributed by atoms with Gasteiger partial charge in [-0.15, -0.1) is 0 Å². The van der Waals surface area contributed by atoms with E-state index in [-0.39, 0.29) is 6.03 Å². The molecule has 2 N–H and O–H groups in total. The molecule has 136 valence electrons. The standard InChI is InChI=1S/C21H24N2O3/c1-13-4-3-5-18(14(13)2)23-21(24)22-9-6-17-16-8-11-25-19(16)12-15-7-10-26-20(15)17/h3-5,12H,6-11H2,1-2H3,(H2,22,23,24). The lowest BCUT2D eigenvalue weighted by molar-refractivity contribution is 0.252. The van der Waals surface area contributed by atoms with Crippen molar-refractivity contribution < 1.29 is 14.3 Å². The van der Waals surface area contributed by atoms with Gasteiger partial charge in [0.1, 0.15) is 11.5 Å². The number of nitrogens with one attached hydrogen (secondary N) is 2. The van der Waals surface area contributed by atoms with Crippen molar-refractivity contribution in [3.63, 3.8) is 0 Å². The summed E-state index contributed by atoms with van der Waals surface area (Å²) in [5, 5.41) is 5.90. The van der Waals surface area contributed by atoms with Gasteiger partial charge >= 0.3 is 6.03 Å². The third-order valence-electron chi connectivity index (χ3n) is 5.27. The van der Waals surface area contributed by atoms with Crippen molar-refractivity contribution in [1.29, 1.82) is 0 Å². The van der Waals surface area contributed by atoms with Gasteiger partial charge < -0.3 is 20.1 Å². The Labute approximate surface area is 153 Å². The first-order chi connectivity index (χ1) is 12.6. The second kappa shape index (κ2) is 6.90. The van der Waals surface area contributed by atoms with Crippen LogP contribution in [0.25, 0.3) is 0 Å². The fourth-order valence-corrected chi connectivity index (χ4v) is 3.70. The minimum absolute atomic E-state index is 0.180. The smallest absolute Gasteiger partial charge is 0.319 e. The van der Waals surface area contributed by atoms with E-state index in [2.05, 4.69) is 16.7 Å². The summed E-state index contributed by atoms with van der Waals surface area (Å²) in [6.45, 7) is 6.07. The summed E-state index contributed by atoms with van der Waals surface area (Å²) in [7, 11) is 0. The minimum atomic E-state index is -0.180. The molecule has 2 amide bonds. The molecule has 0 unspecified atom stereocenters. The maximum atomic E-state index is 12.3. The van der Waals surface area contributed by atoms with Crippen LogP contribution in [0.1, 0.15) is 27.8 Å². The van der Waals surface area contributed by atoms with Crippen LogP contribution in [0.2, 0.25) is 0 Å². The molecule has 5 heteroatoms. The van der Waals surface area contributed by atoms with Crippen LogP contribution in [-0.4, -0.2) is 25.8 Å². The summed E-state index contributed by atoms with van der Waals surface area (Å²) in [5.41, 5.74) is 6.75. The number of anilines is 1. The number of fused-ring (bicyclic) bond motifs is 2. The molecule has 0 aromatic heterocycles. The summed E-state index contributed by atoms with van der Waals surface area (Å²) in [6.07, 6.45) is 2.59. The molecule has 0 atom stereocenters. The van der Waals surface area contributed by atoms with Gasteiger partial charge in [-0.1, -0.05) is 12.1 Å². The number of rotatable bonds is 4. The van der Waals surface area contributed by atoms with Gasteiger partial charge in [-0.3, -0.25) is 0 Å². The number of aryl methyl sites for hydroxylation is 1. The third kappa shape index (κ3) is 3.09. The lowest BCUT2D eigenvalue weighted by Crippen LogP contribution is -2.31. The molecule has 0 radical (unpaired) electrons. The van der Waals surface area contributed by atoms with E-state index in [1.54, 1.807) is 0 Å². The highest BCUT2D eigenvalue weighted by Gasteiger charge is 2.26. The van der Waals surface area contributed by atoms with Crippen LogP contribution in [0.3, 0.4) is 0 Å². The minimum Gasteiger partial charge on any atom is -0.493 e. The van der Waals surface area contributed by atoms with Gasteiger partial charge in [0.25, 0.3) is 0 Å². The quantitative estimate of drug-likeness (QED) is 0.885. The van der Waals surface area contributed by atoms with Gasteiger partial charge in [0.15, 0.2) is 0 Å². The summed E-state index contributed by atoms with van der Waals surface area (Å²) in [6, 6.07) is 7.85. The Morgan fingerprint density at radius 3 is 2.88 bits per heavy atom. The number of carbonyl (C=O) groups is 1. The SMILES string of the molecule is Cc1cccc(NC(=O)NCCc2c3c(cc4c2OCC4)OCC3)c1C. The Morgan fingerprint density at radius 2 is 2.00 bits per heavy atom. The zero-order valence-electron chi connectivity index (χ0n) is 15.3. The molecule has 0 saturated heterocycles. The number of ether oxygens (including phenoxy) is 2. The topological polar surface area (TPSA) is 59.6 Å². The van der Waals surface area contributed by atoms with Crippen LogP contribution in [0.4, 0.5) is 10.5 Å². The summed E-state index contributed by atoms with van der Waals surface area (Å²) in [5.74, 6) is 2.00. The van der Waals surface area contributed by atoms with Crippen molar-refractivity contribution in [2.24, 2.45) is 0 Å². The number of amides is 2. The number of hydrogen-bond acceptors (Lipinski definition) is 3. The summed E-state index contributed by atoms with van der Waals surface area (Å²) in [4.78, 5) is 12.3. The number of benzene rings is 2. The molecular weight excluding hydrogens is 328 g/mol. The van der Waals surface area contributed by atoms with Crippen molar-refractivity contribution in [1.82, 2.24) is 5.32 Å². The van der Waals surface area contributed by atoms with E-state index in [0.29, 0.717) is 6.54 Å². The van der Waals surface area contributed by atoms with Crippen molar-refractivity contribution >= 4 is 11.7 Å². The first-order valence-electron chi connectivity index (χ1n) is 9.18. The van der Waals surface area contributed by atoms with Crippen LogP contribution < -0.4 is 20.1 Å². The Kier molecular flexibility index (Phi) is 4.45. The predicted octanol–water partition coefficient (Wildman–Crippen LogP) is 3.54. The second-order valence-electron chi connectivity index (χ2n) is 6.90. The van der Waals surface area contributed by atoms with Crippen LogP contribution in [0, 0.1) is 13.8 Å². The molecule has 0 spiro atoms.